The van der Waals surface area contributed by atoms with Gasteiger partial charge in [0.05, 0.1) is 48.6 Å². The van der Waals surface area contributed by atoms with Crippen molar-refractivity contribution in [1.29, 1.82) is 0 Å². The molecule has 2 heterocycles. The topological polar surface area (TPSA) is 153 Å². The second-order valence-electron chi connectivity index (χ2n) is 10.4. The molecule has 0 spiro atoms. The molecule has 2 aromatic rings. The molecule has 2 aromatic heterocycles. The van der Waals surface area contributed by atoms with Crippen LogP contribution in [0.2, 0.25) is 0 Å². The number of likely N-dealkylation sites (N-methyl/N-ethyl adjacent to an activating group) is 1. The number of carbonyl (C=O) groups is 4. The first-order chi connectivity index (χ1) is 21.7. The standard InChI is InChI=1S/C17H24N2O4S.C15H19NO5S/c1-11(2)7-8-12-9-13(15(24-12)17(21)23-6)18-14(10-22-5)16(20)19(3)4;1-9(2)5-6-10-7-11(13(22-10)15(19)21-4)16-12(8-20-3)14(17)18/h9,11,14,18H,10H2,1-6H3;7,9,12,16H,8H2,1-4H3,(H,17,18). The summed E-state index contributed by atoms with van der Waals surface area (Å²) in [6, 6.07) is 1.85. The number of ether oxygens (including phenoxy) is 4. The largest absolute Gasteiger partial charge is 0.480 e. The number of aliphatic carboxylic acids is 1. The minimum absolute atomic E-state index is 0.0290. The lowest BCUT2D eigenvalue weighted by Crippen LogP contribution is -2.42. The van der Waals surface area contributed by atoms with Crippen molar-refractivity contribution in [2.24, 2.45) is 11.8 Å². The molecule has 3 N–H and O–H groups in total. The fourth-order valence-electron chi connectivity index (χ4n) is 3.41. The van der Waals surface area contributed by atoms with E-state index in [2.05, 4.69) is 34.3 Å². The molecule has 0 aliphatic rings. The minimum atomic E-state index is -1.07. The van der Waals surface area contributed by atoms with Crippen molar-refractivity contribution in [2.75, 3.05) is 66.4 Å². The highest BCUT2D eigenvalue weighted by molar-refractivity contribution is 7.15. The van der Waals surface area contributed by atoms with Gasteiger partial charge in [-0.05, 0) is 12.1 Å². The SMILES string of the molecule is COCC(Nc1cc(C#CC(C)C)sc1C(=O)OC)C(=O)N(C)C.COCC(Nc1cc(C#CC(C)C)sc1C(=O)OC)C(=O)O. The number of methoxy groups -OCH3 is 4. The van der Waals surface area contributed by atoms with Gasteiger partial charge in [-0.2, -0.15) is 0 Å². The van der Waals surface area contributed by atoms with Crippen LogP contribution in [0, 0.1) is 35.5 Å². The summed E-state index contributed by atoms with van der Waals surface area (Å²) in [6.07, 6.45) is 0. The number of thiophene rings is 2. The molecule has 0 saturated carbocycles. The summed E-state index contributed by atoms with van der Waals surface area (Å²) < 4.78 is 19.5. The van der Waals surface area contributed by atoms with Crippen molar-refractivity contribution in [2.45, 2.75) is 39.8 Å². The number of hydrogen-bond donors (Lipinski definition) is 3. The van der Waals surface area contributed by atoms with E-state index >= 15 is 0 Å². The van der Waals surface area contributed by atoms with Gasteiger partial charge >= 0.3 is 17.9 Å². The van der Waals surface area contributed by atoms with E-state index in [1.165, 1.54) is 44.7 Å². The Morgan fingerprint density at radius 2 is 1.15 bits per heavy atom. The first kappa shape index (κ1) is 39.9. The normalized spacial score (nSPS) is 11.5. The predicted octanol–water partition coefficient (Wildman–Crippen LogP) is 4.11. The van der Waals surface area contributed by atoms with Gasteiger partial charge in [-0.3, -0.25) is 4.79 Å². The first-order valence-electron chi connectivity index (χ1n) is 14.1. The van der Waals surface area contributed by atoms with Gasteiger partial charge in [0, 0.05) is 40.2 Å². The molecule has 2 rings (SSSR count). The Balaban J connectivity index is 0.000000462. The number of anilines is 2. The van der Waals surface area contributed by atoms with Crippen molar-refractivity contribution in [3.63, 3.8) is 0 Å². The maximum absolute atomic E-state index is 12.3. The van der Waals surface area contributed by atoms with Crippen LogP contribution in [0.5, 0.6) is 0 Å². The minimum Gasteiger partial charge on any atom is -0.480 e. The summed E-state index contributed by atoms with van der Waals surface area (Å²) in [5.74, 6) is 10.3. The van der Waals surface area contributed by atoms with Crippen LogP contribution in [0.25, 0.3) is 0 Å². The number of hydrogen-bond acceptors (Lipinski definition) is 12. The van der Waals surface area contributed by atoms with E-state index in [4.69, 9.17) is 24.1 Å². The Kier molecular flexibility index (Phi) is 17.5. The van der Waals surface area contributed by atoms with Gasteiger partial charge in [-0.1, -0.05) is 51.4 Å². The second-order valence-corrected chi connectivity index (χ2v) is 12.5. The van der Waals surface area contributed by atoms with E-state index < -0.39 is 30.0 Å². The maximum Gasteiger partial charge on any atom is 0.350 e. The van der Waals surface area contributed by atoms with Gasteiger partial charge in [0.25, 0.3) is 0 Å². The summed E-state index contributed by atoms with van der Waals surface area (Å²) in [4.78, 5) is 50.8. The highest BCUT2D eigenvalue weighted by Gasteiger charge is 2.25. The lowest BCUT2D eigenvalue weighted by Gasteiger charge is -2.21. The molecule has 0 aliphatic heterocycles. The molecule has 252 valence electrons. The van der Waals surface area contributed by atoms with Crippen LogP contribution in [-0.4, -0.2) is 102 Å². The quantitative estimate of drug-likeness (QED) is 0.220. The number of carboxylic acid groups (broad SMARTS) is 1. The van der Waals surface area contributed by atoms with Crippen LogP contribution in [-0.2, 0) is 28.5 Å². The molecule has 2 unspecified atom stereocenters. The zero-order valence-corrected chi connectivity index (χ0v) is 29.5. The highest BCUT2D eigenvalue weighted by atomic mass is 32.1. The van der Waals surface area contributed by atoms with Crippen LogP contribution >= 0.6 is 22.7 Å². The van der Waals surface area contributed by atoms with Crippen molar-refractivity contribution in [3.05, 3.63) is 31.6 Å². The molecule has 0 radical (unpaired) electrons. The molecule has 1 amide bonds. The van der Waals surface area contributed by atoms with E-state index in [9.17, 15) is 19.2 Å². The molecule has 12 nitrogen and oxygen atoms in total. The van der Waals surface area contributed by atoms with Gasteiger partial charge < -0.3 is 39.6 Å². The summed E-state index contributed by atoms with van der Waals surface area (Å²) in [7, 11) is 8.86. The van der Waals surface area contributed by atoms with Crippen molar-refractivity contribution in [3.8, 4) is 23.7 Å². The fraction of sp³-hybridized carbons (Fsp3) is 0.500. The number of nitrogens with one attached hydrogen (secondary N) is 2. The summed E-state index contributed by atoms with van der Waals surface area (Å²) in [5.41, 5.74) is 0.909. The van der Waals surface area contributed by atoms with Crippen LogP contribution in [0.3, 0.4) is 0 Å². The monoisotopic (exact) mass is 677 g/mol. The molecule has 0 aliphatic carbocycles. The first-order valence-corrected chi connectivity index (χ1v) is 15.7. The van der Waals surface area contributed by atoms with Gasteiger partial charge in [0.2, 0.25) is 5.91 Å². The van der Waals surface area contributed by atoms with E-state index in [-0.39, 0.29) is 35.8 Å². The number of carboxylic acids is 1. The molecular weight excluding hydrogens is 634 g/mol. The average Bonchev–Trinajstić information content (AvgIpc) is 3.61. The van der Waals surface area contributed by atoms with Crippen molar-refractivity contribution < 1.29 is 43.2 Å². The van der Waals surface area contributed by atoms with Crippen LogP contribution in [0.4, 0.5) is 11.4 Å². The Labute approximate surface area is 278 Å². The number of nitrogens with zero attached hydrogens (tertiary/aromatic N) is 1. The number of amides is 1. The van der Waals surface area contributed by atoms with E-state index in [1.54, 1.807) is 26.2 Å². The number of rotatable bonds is 12. The van der Waals surface area contributed by atoms with E-state index in [0.717, 1.165) is 16.2 Å². The predicted molar refractivity (Wildman–Crippen MR) is 180 cm³/mol. The Morgan fingerprint density at radius 3 is 1.48 bits per heavy atom. The molecule has 0 fully saturated rings. The molecule has 0 bridgehead atoms. The Hall–Kier alpha value is -4.08. The zero-order valence-electron chi connectivity index (χ0n) is 27.9. The van der Waals surface area contributed by atoms with E-state index in [0.29, 0.717) is 21.1 Å². The third-order valence-electron chi connectivity index (χ3n) is 5.54. The maximum atomic E-state index is 12.3. The third kappa shape index (κ3) is 13.1. The zero-order chi connectivity index (χ0) is 35.0. The third-order valence-corrected chi connectivity index (χ3v) is 7.60. The average molecular weight is 678 g/mol. The smallest absolute Gasteiger partial charge is 0.350 e. The molecular formula is C32H43N3O9S2. The molecule has 0 aromatic carbocycles. The number of carbonyl (C=O) groups excluding carboxylic acids is 3. The lowest BCUT2D eigenvalue weighted by molar-refractivity contribution is -0.139. The summed E-state index contributed by atoms with van der Waals surface area (Å²) in [5, 5.41) is 15.0. The summed E-state index contributed by atoms with van der Waals surface area (Å²) >= 11 is 2.40. The second kappa shape index (κ2) is 20.1. The Morgan fingerprint density at radius 1 is 0.761 bits per heavy atom. The summed E-state index contributed by atoms with van der Waals surface area (Å²) in [6.45, 7) is 8.05. The van der Waals surface area contributed by atoms with Crippen LogP contribution < -0.4 is 10.6 Å². The highest BCUT2D eigenvalue weighted by Crippen LogP contribution is 2.29. The molecule has 0 saturated heterocycles. The molecule has 14 heteroatoms. The molecule has 2 atom stereocenters. The Bertz CT molecular complexity index is 1460. The molecule has 46 heavy (non-hydrogen) atoms. The fourth-order valence-corrected chi connectivity index (χ4v) is 5.21. The van der Waals surface area contributed by atoms with Crippen LogP contribution in [0.1, 0.15) is 56.8 Å². The van der Waals surface area contributed by atoms with Crippen molar-refractivity contribution in [1.82, 2.24) is 4.90 Å². The van der Waals surface area contributed by atoms with Gasteiger partial charge in [-0.15, -0.1) is 22.7 Å². The van der Waals surface area contributed by atoms with E-state index in [1.807, 2.05) is 27.7 Å². The van der Waals surface area contributed by atoms with Crippen molar-refractivity contribution >= 4 is 57.9 Å². The lowest BCUT2D eigenvalue weighted by atomic mass is 10.2. The van der Waals surface area contributed by atoms with Gasteiger partial charge in [0.1, 0.15) is 21.8 Å². The number of esters is 2. The van der Waals surface area contributed by atoms with Gasteiger partial charge in [-0.25, -0.2) is 14.4 Å². The van der Waals surface area contributed by atoms with Gasteiger partial charge in [0.15, 0.2) is 0 Å². The van der Waals surface area contributed by atoms with Crippen LogP contribution in [0.15, 0.2) is 12.1 Å².